The van der Waals surface area contributed by atoms with Crippen LogP contribution in [-0.4, -0.2) is 29.0 Å². The highest BCUT2D eigenvalue weighted by Gasteiger charge is 2.20. The number of benzene rings is 1. The zero-order valence-corrected chi connectivity index (χ0v) is 13.2. The Morgan fingerprint density at radius 1 is 1.48 bits per heavy atom. The maximum atomic E-state index is 11.1. The molecule has 0 radical (unpaired) electrons. The van der Waals surface area contributed by atoms with Crippen molar-refractivity contribution in [1.29, 1.82) is 0 Å². The molecule has 2 rings (SSSR count). The summed E-state index contributed by atoms with van der Waals surface area (Å²) in [6, 6.07) is 7.76. The molecule has 2 aromatic rings. The predicted molar refractivity (Wildman–Crippen MR) is 84.5 cm³/mol. The van der Waals surface area contributed by atoms with Crippen LogP contribution in [0.3, 0.4) is 0 Å². The van der Waals surface area contributed by atoms with Gasteiger partial charge in [-0.05, 0) is 17.7 Å². The second-order valence-electron chi connectivity index (χ2n) is 4.40. The molecule has 0 spiro atoms. The second-order valence-corrected chi connectivity index (χ2v) is 5.31. The van der Waals surface area contributed by atoms with Gasteiger partial charge in [0.05, 0.1) is 4.92 Å². The van der Waals surface area contributed by atoms with E-state index in [0.717, 1.165) is 10.0 Å². The largest absolute Gasteiger partial charge is 0.357 e. The van der Waals surface area contributed by atoms with Crippen molar-refractivity contribution in [3.05, 3.63) is 50.6 Å². The molecule has 1 aromatic heterocycles. The third kappa shape index (κ3) is 3.66. The molecule has 0 unspecified atom stereocenters. The molecule has 1 N–H and O–H groups in total. The van der Waals surface area contributed by atoms with E-state index in [1.54, 1.807) is 19.0 Å². The predicted octanol–water partition coefficient (Wildman–Crippen LogP) is 2.83. The van der Waals surface area contributed by atoms with Crippen LogP contribution >= 0.6 is 15.9 Å². The highest BCUT2D eigenvalue weighted by atomic mass is 79.9. The lowest BCUT2D eigenvalue weighted by Gasteiger charge is -2.18. The van der Waals surface area contributed by atoms with Crippen LogP contribution < -0.4 is 10.2 Å². The maximum Gasteiger partial charge on any atom is 0.329 e. The standard InChI is InChI=1S/C13H14BrN5O2/c1-15-13-16-7-11(19(20)21)12(17-13)18(2)8-9-4-3-5-10(14)6-9/h3-7H,8H2,1-2H3,(H,15,16,17). The Balaban J connectivity index is 2.33. The summed E-state index contributed by atoms with van der Waals surface area (Å²) in [5, 5.41) is 13.9. The van der Waals surface area contributed by atoms with E-state index >= 15 is 0 Å². The zero-order chi connectivity index (χ0) is 15.4. The van der Waals surface area contributed by atoms with Crippen molar-refractivity contribution >= 4 is 33.4 Å². The van der Waals surface area contributed by atoms with Gasteiger partial charge in [0.15, 0.2) is 0 Å². The Labute approximate surface area is 130 Å². The number of nitrogens with zero attached hydrogens (tertiary/aromatic N) is 4. The third-order valence-corrected chi connectivity index (χ3v) is 3.33. The Morgan fingerprint density at radius 2 is 2.24 bits per heavy atom. The Bertz CT molecular complexity index is 665. The Hall–Kier alpha value is -2.22. The molecule has 0 aliphatic carbocycles. The van der Waals surface area contributed by atoms with Gasteiger partial charge < -0.3 is 10.2 Å². The van der Waals surface area contributed by atoms with Crippen LogP contribution in [0.1, 0.15) is 5.56 Å². The van der Waals surface area contributed by atoms with Crippen molar-refractivity contribution in [2.45, 2.75) is 6.54 Å². The van der Waals surface area contributed by atoms with Crippen molar-refractivity contribution < 1.29 is 4.92 Å². The van der Waals surface area contributed by atoms with Crippen LogP contribution in [0.25, 0.3) is 0 Å². The summed E-state index contributed by atoms with van der Waals surface area (Å²) in [6.07, 6.45) is 1.21. The first-order valence-electron chi connectivity index (χ1n) is 6.16. The summed E-state index contributed by atoms with van der Waals surface area (Å²) in [5.74, 6) is 0.621. The van der Waals surface area contributed by atoms with Crippen molar-refractivity contribution in [2.24, 2.45) is 0 Å². The molecule has 7 nitrogen and oxygen atoms in total. The number of rotatable bonds is 5. The Kier molecular flexibility index (Phi) is 4.69. The number of nitrogens with one attached hydrogen (secondary N) is 1. The van der Waals surface area contributed by atoms with Crippen LogP contribution in [0.4, 0.5) is 17.5 Å². The average Bonchev–Trinajstić information content (AvgIpc) is 2.46. The van der Waals surface area contributed by atoms with Gasteiger partial charge in [0.1, 0.15) is 6.20 Å². The first-order valence-corrected chi connectivity index (χ1v) is 6.95. The lowest BCUT2D eigenvalue weighted by atomic mass is 10.2. The van der Waals surface area contributed by atoms with Crippen LogP contribution in [0.5, 0.6) is 0 Å². The lowest BCUT2D eigenvalue weighted by Crippen LogP contribution is -2.20. The number of hydrogen-bond acceptors (Lipinski definition) is 6. The number of nitro groups is 1. The topological polar surface area (TPSA) is 84.2 Å². The molecule has 0 bridgehead atoms. The van der Waals surface area contributed by atoms with Crippen LogP contribution in [0.15, 0.2) is 34.9 Å². The minimum atomic E-state index is -0.480. The van der Waals surface area contributed by atoms with E-state index in [1.165, 1.54) is 6.20 Å². The van der Waals surface area contributed by atoms with Gasteiger partial charge in [0.25, 0.3) is 0 Å². The molecule has 0 aliphatic heterocycles. The smallest absolute Gasteiger partial charge is 0.329 e. The van der Waals surface area contributed by atoms with E-state index < -0.39 is 4.92 Å². The van der Waals surface area contributed by atoms with E-state index in [4.69, 9.17) is 0 Å². The quantitative estimate of drug-likeness (QED) is 0.658. The van der Waals surface area contributed by atoms with Crippen molar-refractivity contribution in [2.75, 3.05) is 24.3 Å². The fourth-order valence-corrected chi connectivity index (χ4v) is 2.33. The van der Waals surface area contributed by atoms with Crippen molar-refractivity contribution in [3.63, 3.8) is 0 Å². The summed E-state index contributed by atoms with van der Waals surface area (Å²) >= 11 is 3.41. The SMILES string of the molecule is CNc1ncc([N+](=O)[O-])c(N(C)Cc2cccc(Br)c2)n1. The summed E-state index contributed by atoms with van der Waals surface area (Å²) < 4.78 is 0.960. The Morgan fingerprint density at radius 3 is 2.86 bits per heavy atom. The van der Waals surface area contributed by atoms with Crippen molar-refractivity contribution in [3.8, 4) is 0 Å². The zero-order valence-electron chi connectivity index (χ0n) is 11.6. The van der Waals surface area contributed by atoms with E-state index in [0.29, 0.717) is 12.5 Å². The van der Waals surface area contributed by atoms with Gasteiger partial charge in [-0.25, -0.2) is 4.98 Å². The summed E-state index contributed by atoms with van der Waals surface area (Å²) in [4.78, 5) is 20.4. The van der Waals surface area contributed by atoms with Gasteiger partial charge in [-0.3, -0.25) is 10.1 Å². The molecule has 0 aliphatic rings. The molecule has 0 atom stereocenters. The minimum absolute atomic E-state index is 0.119. The van der Waals surface area contributed by atoms with Gasteiger partial charge in [-0.2, -0.15) is 4.98 Å². The number of aromatic nitrogens is 2. The van der Waals surface area contributed by atoms with Gasteiger partial charge in [-0.15, -0.1) is 0 Å². The lowest BCUT2D eigenvalue weighted by molar-refractivity contribution is -0.384. The highest BCUT2D eigenvalue weighted by molar-refractivity contribution is 9.10. The molecule has 21 heavy (non-hydrogen) atoms. The summed E-state index contributed by atoms with van der Waals surface area (Å²) in [5.41, 5.74) is 0.900. The van der Waals surface area contributed by atoms with E-state index in [2.05, 4.69) is 31.2 Å². The number of anilines is 2. The summed E-state index contributed by atoms with van der Waals surface area (Å²) in [6.45, 7) is 0.500. The molecular weight excluding hydrogens is 338 g/mol. The van der Waals surface area contributed by atoms with Gasteiger partial charge in [0, 0.05) is 25.1 Å². The van der Waals surface area contributed by atoms with Gasteiger partial charge in [-0.1, -0.05) is 28.1 Å². The first kappa shape index (κ1) is 15.2. The monoisotopic (exact) mass is 351 g/mol. The fraction of sp³-hybridized carbons (Fsp3) is 0.231. The van der Waals surface area contributed by atoms with Crippen LogP contribution in [0, 0.1) is 10.1 Å². The van der Waals surface area contributed by atoms with Crippen LogP contribution in [-0.2, 0) is 6.54 Å². The number of hydrogen-bond donors (Lipinski definition) is 1. The molecule has 0 saturated heterocycles. The second kappa shape index (κ2) is 6.49. The molecule has 1 heterocycles. The molecule has 0 fully saturated rings. The van der Waals surface area contributed by atoms with E-state index in [1.807, 2.05) is 24.3 Å². The van der Waals surface area contributed by atoms with E-state index in [9.17, 15) is 10.1 Å². The molecule has 1 aromatic carbocycles. The number of halogens is 1. The molecular formula is C13H14BrN5O2. The van der Waals surface area contributed by atoms with Gasteiger partial charge in [0.2, 0.25) is 11.8 Å². The normalized spacial score (nSPS) is 10.2. The molecule has 0 saturated carbocycles. The van der Waals surface area contributed by atoms with Crippen molar-refractivity contribution in [1.82, 2.24) is 9.97 Å². The van der Waals surface area contributed by atoms with Gasteiger partial charge >= 0.3 is 5.69 Å². The first-order chi connectivity index (χ1) is 10.0. The average molecular weight is 352 g/mol. The molecule has 0 amide bonds. The third-order valence-electron chi connectivity index (χ3n) is 2.84. The van der Waals surface area contributed by atoms with E-state index in [-0.39, 0.29) is 11.5 Å². The molecule has 8 heteroatoms. The fourth-order valence-electron chi connectivity index (χ4n) is 1.88. The maximum absolute atomic E-state index is 11.1. The molecule has 110 valence electrons. The highest BCUT2D eigenvalue weighted by Crippen LogP contribution is 2.26. The minimum Gasteiger partial charge on any atom is -0.357 e. The summed E-state index contributed by atoms with van der Waals surface area (Å²) in [7, 11) is 3.43. The van der Waals surface area contributed by atoms with Crippen LogP contribution in [0.2, 0.25) is 0 Å².